The van der Waals surface area contributed by atoms with Gasteiger partial charge < -0.3 is 20.1 Å². The number of hydrogen-bond acceptors (Lipinski definition) is 4. The third-order valence-corrected chi connectivity index (χ3v) is 4.38. The van der Waals surface area contributed by atoms with Gasteiger partial charge in [-0.1, -0.05) is 13.0 Å². The number of methoxy groups -OCH3 is 2. The van der Waals surface area contributed by atoms with Crippen molar-refractivity contribution in [3.05, 3.63) is 23.8 Å². The van der Waals surface area contributed by atoms with Crippen molar-refractivity contribution >= 4 is 0 Å². The summed E-state index contributed by atoms with van der Waals surface area (Å²) in [5.74, 6) is 1.56. The van der Waals surface area contributed by atoms with Gasteiger partial charge in [0.15, 0.2) is 11.5 Å². The fourth-order valence-electron chi connectivity index (χ4n) is 3.16. The van der Waals surface area contributed by atoms with Crippen LogP contribution in [0.4, 0.5) is 0 Å². The Morgan fingerprint density at radius 3 is 2.38 bits per heavy atom. The molecule has 4 heteroatoms. The minimum Gasteiger partial charge on any atom is -0.493 e. The average Bonchev–Trinajstić information content (AvgIpc) is 2.99. The highest BCUT2D eigenvalue weighted by Crippen LogP contribution is 2.31. The molecule has 118 valence electrons. The molecule has 1 aliphatic rings. The molecule has 1 fully saturated rings. The second kappa shape index (κ2) is 7.14. The summed E-state index contributed by atoms with van der Waals surface area (Å²) in [4.78, 5) is 2.54. The molecule has 0 amide bonds. The van der Waals surface area contributed by atoms with Crippen LogP contribution in [0, 0.1) is 5.41 Å². The molecular weight excluding hydrogens is 264 g/mol. The third kappa shape index (κ3) is 4.11. The van der Waals surface area contributed by atoms with E-state index in [0.717, 1.165) is 24.5 Å². The molecule has 1 aromatic carbocycles. The minimum absolute atomic E-state index is 0.101. The van der Waals surface area contributed by atoms with Gasteiger partial charge >= 0.3 is 0 Å². The van der Waals surface area contributed by atoms with Crippen LogP contribution in [0.1, 0.15) is 25.3 Å². The lowest BCUT2D eigenvalue weighted by Gasteiger charge is -2.33. The molecule has 1 atom stereocenters. The van der Waals surface area contributed by atoms with Gasteiger partial charge in [-0.05, 0) is 62.0 Å². The van der Waals surface area contributed by atoms with Crippen molar-refractivity contribution in [1.82, 2.24) is 4.90 Å². The molecule has 4 nitrogen and oxygen atoms in total. The zero-order chi connectivity index (χ0) is 15.3. The van der Waals surface area contributed by atoms with E-state index in [2.05, 4.69) is 24.0 Å². The largest absolute Gasteiger partial charge is 0.493 e. The molecule has 1 saturated heterocycles. The van der Waals surface area contributed by atoms with E-state index in [-0.39, 0.29) is 5.41 Å². The maximum atomic E-state index is 6.08. The van der Waals surface area contributed by atoms with Crippen molar-refractivity contribution in [3.8, 4) is 11.5 Å². The van der Waals surface area contributed by atoms with Crippen LogP contribution in [0.15, 0.2) is 18.2 Å². The minimum atomic E-state index is 0.101. The molecule has 0 aromatic heterocycles. The number of ether oxygens (including phenoxy) is 2. The van der Waals surface area contributed by atoms with Gasteiger partial charge in [-0.15, -0.1) is 0 Å². The summed E-state index contributed by atoms with van der Waals surface area (Å²) in [7, 11) is 3.34. The van der Waals surface area contributed by atoms with Crippen molar-refractivity contribution in [1.29, 1.82) is 0 Å². The van der Waals surface area contributed by atoms with Gasteiger partial charge in [-0.3, -0.25) is 0 Å². The Balaban J connectivity index is 2.09. The molecule has 0 bridgehead atoms. The summed E-state index contributed by atoms with van der Waals surface area (Å²) in [6.45, 7) is 6.46. The Labute approximate surface area is 128 Å². The van der Waals surface area contributed by atoms with Crippen molar-refractivity contribution in [2.24, 2.45) is 11.1 Å². The highest BCUT2D eigenvalue weighted by molar-refractivity contribution is 5.43. The van der Waals surface area contributed by atoms with Crippen LogP contribution in [0.2, 0.25) is 0 Å². The van der Waals surface area contributed by atoms with Gasteiger partial charge in [0, 0.05) is 6.54 Å². The van der Waals surface area contributed by atoms with Crippen molar-refractivity contribution in [2.75, 3.05) is 40.4 Å². The molecule has 1 aliphatic heterocycles. The van der Waals surface area contributed by atoms with E-state index in [1.807, 2.05) is 6.07 Å². The van der Waals surface area contributed by atoms with Crippen LogP contribution in [0.3, 0.4) is 0 Å². The quantitative estimate of drug-likeness (QED) is 0.838. The predicted octanol–water partition coefficient (Wildman–Crippen LogP) is 2.31. The van der Waals surface area contributed by atoms with Crippen LogP contribution >= 0.6 is 0 Å². The van der Waals surface area contributed by atoms with E-state index in [4.69, 9.17) is 15.2 Å². The van der Waals surface area contributed by atoms with Crippen molar-refractivity contribution in [2.45, 2.75) is 26.2 Å². The number of benzene rings is 1. The van der Waals surface area contributed by atoms with E-state index >= 15 is 0 Å². The summed E-state index contributed by atoms with van der Waals surface area (Å²) in [6, 6.07) is 6.15. The Kier molecular flexibility index (Phi) is 5.48. The Morgan fingerprint density at radius 2 is 1.81 bits per heavy atom. The van der Waals surface area contributed by atoms with Gasteiger partial charge in [-0.25, -0.2) is 0 Å². The van der Waals surface area contributed by atoms with Gasteiger partial charge in [0.05, 0.1) is 14.2 Å². The molecule has 1 aromatic rings. The van der Waals surface area contributed by atoms with E-state index in [0.29, 0.717) is 6.54 Å². The number of likely N-dealkylation sites (tertiary alicyclic amines) is 1. The average molecular weight is 292 g/mol. The second-order valence-corrected chi connectivity index (χ2v) is 6.36. The Hall–Kier alpha value is -1.26. The number of nitrogens with two attached hydrogens (primary N) is 1. The van der Waals surface area contributed by atoms with Crippen LogP contribution in [-0.2, 0) is 6.42 Å². The first-order valence-corrected chi connectivity index (χ1v) is 7.73. The molecule has 0 saturated carbocycles. The monoisotopic (exact) mass is 292 g/mol. The number of rotatable bonds is 7. The standard InChI is InChI=1S/C17H28N2O2/c1-17(12-18,13-19-8-4-5-9-19)11-14-6-7-15(20-2)16(10-14)21-3/h6-7,10H,4-5,8-9,11-13,18H2,1-3H3. The van der Waals surface area contributed by atoms with Crippen molar-refractivity contribution in [3.63, 3.8) is 0 Å². The molecular formula is C17H28N2O2. The van der Waals surface area contributed by atoms with Crippen molar-refractivity contribution < 1.29 is 9.47 Å². The lowest BCUT2D eigenvalue weighted by Crippen LogP contribution is -2.41. The maximum absolute atomic E-state index is 6.08. The number of hydrogen-bond donors (Lipinski definition) is 1. The van der Waals surface area contributed by atoms with Gasteiger partial charge in [0.2, 0.25) is 0 Å². The Morgan fingerprint density at radius 1 is 1.14 bits per heavy atom. The van der Waals surface area contributed by atoms with Crippen LogP contribution in [0.5, 0.6) is 11.5 Å². The van der Waals surface area contributed by atoms with Crippen LogP contribution in [-0.4, -0.2) is 45.3 Å². The molecule has 0 radical (unpaired) electrons. The lowest BCUT2D eigenvalue weighted by atomic mass is 9.83. The highest BCUT2D eigenvalue weighted by Gasteiger charge is 2.27. The third-order valence-electron chi connectivity index (χ3n) is 4.38. The fourth-order valence-corrected chi connectivity index (χ4v) is 3.16. The first-order valence-electron chi connectivity index (χ1n) is 7.73. The van der Waals surface area contributed by atoms with Gasteiger partial charge in [0.1, 0.15) is 0 Å². The molecule has 0 aliphatic carbocycles. The topological polar surface area (TPSA) is 47.7 Å². The Bertz CT molecular complexity index is 458. The fraction of sp³-hybridized carbons (Fsp3) is 0.647. The van der Waals surface area contributed by atoms with E-state index in [1.54, 1.807) is 14.2 Å². The highest BCUT2D eigenvalue weighted by atomic mass is 16.5. The van der Waals surface area contributed by atoms with Gasteiger partial charge in [0.25, 0.3) is 0 Å². The maximum Gasteiger partial charge on any atom is 0.160 e. The van der Waals surface area contributed by atoms with Crippen LogP contribution in [0.25, 0.3) is 0 Å². The zero-order valence-electron chi connectivity index (χ0n) is 13.5. The van der Waals surface area contributed by atoms with E-state index < -0.39 is 0 Å². The lowest BCUT2D eigenvalue weighted by molar-refractivity contribution is 0.196. The summed E-state index contributed by atoms with van der Waals surface area (Å²) < 4.78 is 10.7. The van der Waals surface area contributed by atoms with E-state index in [9.17, 15) is 0 Å². The molecule has 2 N–H and O–H groups in total. The van der Waals surface area contributed by atoms with Crippen LogP contribution < -0.4 is 15.2 Å². The number of nitrogens with zero attached hydrogens (tertiary/aromatic N) is 1. The first-order chi connectivity index (χ1) is 10.1. The zero-order valence-corrected chi connectivity index (χ0v) is 13.5. The summed E-state index contributed by atoms with van der Waals surface area (Å²) in [6.07, 6.45) is 3.59. The summed E-state index contributed by atoms with van der Waals surface area (Å²) in [5, 5.41) is 0. The van der Waals surface area contributed by atoms with E-state index in [1.165, 1.54) is 31.5 Å². The SMILES string of the molecule is COc1ccc(CC(C)(CN)CN2CCCC2)cc1OC. The molecule has 21 heavy (non-hydrogen) atoms. The molecule has 1 heterocycles. The van der Waals surface area contributed by atoms with Gasteiger partial charge in [-0.2, -0.15) is 0 Å². The first kappa shape index (κ1) is 16.1. The molecule has 1 unspecified atom stereocenters. The predicted molar refractivity (Wildman–Crippen MR) is 86.1 cm³/mol. The smallest absolute Gasteiger partial charge is 0.160 e. The summed E-state index contributed by atoms with van der Waals surface area (Å²) in [5.41, 5.74) is 7.43. The summed E-state index contributed by atoms with van der Waals surface area (Å²) >= 11 is 0. The molecule has 2 rings (SSSR count). The molecule has 0 spiro atoms. The normalized spacial score (nSPS) is 18.5. The second-order valence-electron chi connectivity index (χ2n) is 6.36.